The summed E-state index contributed by atoms with van der Waals surface area (Å²) in [7, 11) is 0. The summed E-state index contributed by atoms with van der Waals surface area (Å²) >= 11 is 0. The summed E-state index contributed by atoms with van der Waals surface area (Å²) in [5.41, 5.74) is -0.347. The third-order valence-corrected chi connectivity index (χ3v) is 2.74. The minimum atomic E-state index is -0.725. The highest BCUT2D eigenvalue weighted by Crippen LogP contribution is 2.21. The predicted molar refractivity (Wildman–Crippen MR) is 67.8 cm³/mol. The van der Waals surface area contributed by atoms with Crippen LogP contribution >= 0.6 is 0 Å². The second-order valence-electron chi connectivity index (χ2n) is 5.52. The third-order valence-electron chi connectivity index (χ3n) is 2.74. The molecule has 6 heteroatoms. The number of rotatable bonds is 3. The SMILES string of the molecule is CC(C)(C)C(=O)Cc1nc(-c2cc(F)cc(F)c2)no1. The molecule has 106 valence electrons. The highest BCUT2D eigenvalue weighted by molar-refractivity contribution is 5.85. The van der Waals surface area contributed by atoms with Crippen LogP contribution in [0.15, 0.2) is 22.7 Å². The topological polar surface area (TPSA) is 56.0 Å². The van der Waals surface area contributed by atoms with Gasteiger partial charge in [-0.05, 0) is 12.1 Å². The van der Waals surface area contributed by atoms with Crippen LogP contribution < -0.4 is 0 Å². The number of benzene rings is 1. The second kappa shape index (κ2) is 5.11. The first-order valence-corrected chi connectivity index (χ1v) is 6.08. The lowest BCUT2D eigenvalue weighted by atomic mass is 9.89. The zero-order valence-electron chi connectivity index (χ0n) is 11.4. The molecule has 0 unspecified atom stereocenters. The molecule has 0 saturated heterocycles. The van der Waals surface area contributed by atoms with E-state index in [0.717, 1.165) is 18.2 Å². The fourth-order valence-corrected chi connectivity index (χ4v) is 1.53. The maximum absolute atomic E-state index is 13.1. The summed E-state index contributed by atoms with van der Waals surface area (Å²) in [6, 6.07) is 2.96. The number of ketones is 1. The first-order chi connectivity index (χ1) is 9.25. The van der Waals surface area contributed by atoms with E-state index in [2.05, 4.69) is 10.1 Å². The van der Waals surface area contributed by atoms with Gasteiger partial charge in [-0.15, -0.1) is 0 Å². The largest absolute Gasteiger partial charge is 0.339 e. The lowest BCUT2D eigenvalue weighted by Gasteiger charge is -2.14. The van der Waals surface area contributed by atoms with Crippen molar-refractivity contribution in [2.24, 2.45) is 5.41 Å². The predicted octanol–water partition coefficient (Wildman–Crippen LogP) is 3.17. The van der Waals surface area contributed by atoms with Gasteiger partial charge in [0.25, 0.3) is 0 Å². The van der Waals surface area contributed by atoms with Gasteiger partial charge in [0.05, 0.1) is 6.42 Å². The number of hydrogen-bond donors (Lipinski definition) is 0. The molecule has 0 aliphatic carbocycles. The molecule has 4 nitrogen and oxygen atoms in total. The minimum absolute atomic E-state index is 0.00566. The van der Waals surface area contributed by atoms with E-state index in [-0.39, 0.29) is 29.5 Å². The molecule has 0 spiro atoms. The van der Waals surface area contributed by atoms with E-state index in [1.807, 2.05) is 0 Å². The zero-order chi connectivity index (χ0) is 14.9. The van der Waals surface area contributed by atoms with Crippen LogP contribution in [0.2, 0.25) is 0 Å². The molecule has 0 amide bonds. The lowest BCUT2D eigenvalue weighted by molar-refractivity contribution is -0.125. The van der Waals surface area contributed by atoms with Crippen LogP contribution in [0.5, 0.6) is 0 Å². The van der Waals surface area contributed by atoms with E-state index >= 15 is 0 Å². The van der Waals surface area contributed by atoms with E-state index in [1.54, 1.807) is 20.8 Å². The van der Waals surface area contributed by atoms with Gasteiger partial charge in [0.1, 0.15) is 17.4 Å². The Bertz CT molecular complexity index is 625. The Balaban J connectivity index is 2.23. The van der Waals surface area contributed by atoms with Crippen molar-refractivity contribution in [2.45, 2.75) is 27.2 Å². The third kappa shape index (κ3) is 3.26. The Morgan fingerprint density at radius 3 is 2.35 bits per heavy atom. The molecule has 0 saturated carbocycles. The molecule has 0 radical (unpaired) electrons. The highest BCUT2D eigenvalue weighted by Gasteiger charge is 2.24. The molecule has 2 aromatic rings. The molecule has 20 heavy (non-hydrogen) atoms. The van der Waals surface area contributed by atoms with Gasteiger partial charge in [-0.2, -0.15) is 4.98 Å². The van der Waals surface area contributed by atoms with Gasteiger partial charge in [0.2, 0.25) is 11.7 Å². The first kappa shape index (κ1) is 14.3. The van der Waals surface area contributed by atoms with E-state index in [1.165, 1.54) is 0 Å². The molecule has 0 fully saturated rings. The summed E-state index contributed by atoms with van der Waals surface area (Å²) in [5, 5.41) is 3.63. The smallest absolute Gasteiger partial charge is 0.234 e. The van der Waals surface area contributed by atoms with Gasteiger partial charge >= 0.3 is 0 Å². The molecule has 2 rings (SSSR count). The maximum Gasteiger partial charge on any atom is 0.234 e. The maximum atomic E-state index is 13.1. The number of hydrogen-bond acceptors (Lipinski definition) is 4. The molecular weight excluding hydrogens is 266 g/mol. The molecule has 0 atom stereocenters. The van der Waals surface area contributed by atoms with Gasteiger partial charge in [0, 0.05) is 17.0 Å². The van der Waals surface area contributed by atoms with Crippen molar-refractivity contribution in [2.75, 3.05) is 0 Å². The molecule has 0 N–H and O–H groups in total. The van der Waals surface area contributed by atoms with Crippen LogP contribution in [0.25, 0.3) is 11.4 Å². The van der Waals surface area contributed by atoms with Crippen molar-refractivity contribution >= 4 is 5.78 Å². The molecule has 1 aromatic heterocycles. The van der Waals surface area contributed by atoms with Crippen molar-refractivity contribution in [3.05, 3.63) is 35.7 Å². The molecule has 1 aromatic carbocycles. The van der Waals surface area contributed by atoms with Gasteiger partial charge in [0.15, 0.2) is 0 Å². The second-order valence-corrected chi connectivity index (χ2v) is 5.52. The van der Waals surface area contributed by atoms with E-state index in [9.17, 15) is 13.6 Å². The number of aromatic nitrogens is 2. The number of halogens is 2. The summed E-state index contributed by atoms with van der Waals surface area (Å²) in [6.07, 6.45) is -0.00566. The summed E-state index contributed by atoms with van der Waals surface area (Å²) in [6.45, 7) is 5.36. The fourth-order valence-electron chi connectivity index (χ4n) is 1.53. The van der Waals surface area contributed by atoms with Crippen molar-refractivity contribution in [3.8, 4) is 11.4 Å². The van der Waals surface area contributed by atoms with Gasteiger partial charge in [-0.3, -0.25) is 4.79 Å². The zero-order valence-corrected chi connectivity index (χ0v) is 11.4. The molecule has 0 aliphatic heterocycles. The number of carbonyl (C=O) groups excluding carboxylic acids is 1. The normalized spacial score (nSPS) is 11.7. The van der Waals surface area contributed by atoms with Crippen LogP contribution in [0.1, 0.15) is 26.7 Å². The van der Waals surface area contributed by atoms with Crippen LogP contribution in [-0.4, -0.2) is 15.9 Å². The highest BCUT2D eigenvalue weighted by atomic mass is 19.1. The van der Waals surface area contributed by atoms with Crippen molar-refractivity contribution < 1.29 is 18.1 Å². The average molecular weight is 280 g/mol. The van der Waals surface area contributed by atoms with Crippen molar-refractivity contribution in [3.63, 3.8) is 0 Å². The van der Waals surface area contributed by atoms with Gasteiger partial charge in [-0.1, -0.05) is 25.9 Å². The summed E-state index contributed by atoms with van der Waals surface area (Å²) in [4.78, 5) is 15.8. The molecule has 1 heterocycles. The molecule has 0 aliphatic rings. The Kier molecular flexibility index (Phi) is 3.65. The van der Waals surface area contributed by atoms with E-state index in [0.29, 0.717) is 0 Å². The Hall–Kier alpha value is -2.11. The van der Waals surface area contributed by atoms with Crippen molar-refractivity contribution in [1.82, 2.24) is 10.1 Å². The Morgan fingerprint density at radius 2 is 1.80 bits per heavy atom. The van der Waals surface area contributed by atoms with E-state index < -0.39 is 17.0 Å². The first-order valence-electron chi connectivity index (χ1n) is 6.08. The monoisotopic (exact) mass is 280 g/mol. The van der Waals surface area contributed by atoms with Gasteiger partial charge in [-0.25, -0.2) is 8.78 Å². The minimum Gasteiger partial charge on any atom is -0.339 e. The van der Waals surface area contributed by atoms with E-state index in [4.69, 9.17) is 4.52 Å². The Labute approximate surface area is 114 Å². The lowest BCUT2D eigenvalue weighted by Crippen LogP contribution is -2.22. The fraction of sp³-hybridized carbons (Fsp3) is 0.357. The van der Waals surface area contributed by atoms with Crippen LogP contribution in [0.4, 0.5) is 8.78 Å². The summed E-state index contributed by atoms with van der Waals surface area (Å²) in [5.74, 6) is -1.32. The average Bonchev–Trinajstić information content (AvgIpc) is 2.75. The molecular formula is C14H14F2N2O2. The quantitative estimate of drug-likeness (QED) is 0.866. The molecule has 0 bridgehead atoms. The van der Waals surface area contributed by atoms with Crippen LogP contribution in [0.3, 0.4) is 0 Å². The standard InChI is InChI=1S/C14H14F2N2O2/c1-14(2,3)11(19)7-12-17-13(18-20-12)8-4-9(15)6-10(16)5-8/h4-6H,7H2,1-3H3. The Morgan fingerprint density at radius 1 is 1.20 bits per heavy atom. The summed E-state index contributed by atoms with van der Waals surface area (Å²) < 4.78 is 31.2. The van der Waals surface area contributed by atoms with Crippen LogP contribution in [0, 0.1) is 17.0 Å². The number of nitrogens with zero attached hydrogens (tertiary/aromatic N) is 2. The number of Topliss-reactive ketones (excluding diaryl/α,β-unsaturated/α-hetero) is 1. The van der Waals surface area contributed by atoms with Gasteiger partial charge < -0.3 is 4.52 Å². The van der Waals surface area contributed by atoms with Crippen LogP contribution in [-0.2, 0) is 11.2 Å². The number of carbonyl (C=O) groups is 1. The van der Waals surface area contributed by atoms with Crippen molar-refractivity contribution in [1.29, 1.82) is 0 Å².